The molecule has 1 aromatic rings. The van der Waals surface area contributed by atoms with Crippen LogP contribution in [0.2, 0.25) is 0 Å². The highest BCUT2D eigenvalue weighted by atomic mass is 16.6. The molecule has 0 aromatic heterocycles. The maximum atomic E-state index is 11.9. The Hall–Kier alpha value is -1.95. The van der Waals surface area contributed by atoms with Crippen LogP contribution in [0.5, 0.6) is 0 Å². The van der Waals surface area contributed by atoms with Gasteiger partial charge in [0.05, 0.1) is 4.92 Å². The van der Waals surface area contributed by atoms with Crippen molar-refractivity contribution in [3.8, 4) is 0 Å². The Kier molecular flexibility index (Phi) is 3.57. The lowest BCUT2D eigenvalue weighted by Crippen LogP contribution is -2.48. The van der Waals surface area contributed by atoms with E-state index in [9.17, 15) is 14.9 Å². The summed E-state index contributed by atoms with van der Waals surface area (Å²) >= 11 is 0. The van der Waals surface area contributed by atoms with Crippen LogP contribution in [0.25, 0.3) is 0 Å². The number of nitrogens with zero attached hydrogens (tertiary/aromatic N) is 1. The molecule has 0 radical (unpaired) electrons. The number of benzene rings is 1. The highest BCUT2D eigenvalue weighted by molar-refractivity contribution is 5.96. The van der Waals surface area contributed by atoms with Gasteiger partial charge in [0.15, 0.2) is 0 Å². The van der Waals surface area contributed by atoms with Crippen LogP contribution in [0.1, 0.15) is 15.9 Å². The Balaban J connectivity index is 2.09. The predicted octanol–water partition coefficient (Wildman–Crippen LogP) is 0.852. The summed E-state index contributed by atoms with van der Waals surface area (Å²) in [5, 5.41) is 16.7. The fourth-order valence-corrected chi connectivity index (χ4v) is 1.89. The summed E-state index contributed by atoms with van der Waals surface area (Å²) in [7, 11) is 0. The number of carbonyl (C=O) groups excluding carboxylic acids is 1. The monoisotopic (exact) mass is 249 g/mol. The van der Waals surface area contributed by atoms with Gasteiger partial charge >= 0.3 is 0 Å². The van der Waals surface area contributed by atoms with Crippen molar-refractivity contribution in [1.29, 1.82) is 0 Å². The molecule has 1 heterocycles. The third-order valence-electron chi connectivity index (χ3n) is 3.16. The van der Waals surface area contributed by atoms with Crippen molar-refractivity contribution in [2.75, 3.05) is 19.6 Å². The van der Waals surface area contributed by atoms with Gasteiger partial charge in [-0.15, -0.1) is 0 Å². The third kappa shape index (κ3) is 2.48. The number of hydrogen-bond donors (Lipinski definition) is 2. The van der Waals surface area contributed by atoms with Gasteiger partial charge in [-0.2, -0.15) is 0 Å². The fraction of sp³-hybridized carbons (Fsp3) is 0.417. The molecule has 96 valence electrons. The summed E-state index contributed by atoms with van der Waals surface area (Å²) in [6, 6.07) is 4.55. The smallest absolute Gasteiger partial charge is 0.273 e. The lowest BCUT2D eigenvalue weighted by Gasteiger charge is -2.27. The summed E-state index contributed by atoms with van der Waals surface area (Å²) in [4.78, 5) is 22.2. The van der Waals surface area contributed by atoms with Crippen molar-refractivity contribution in [2.45, 2.75) is 6.92 Å². The first-order chi connectivity index (χ1) is 8.59. The van der Waals surface area contributed by atoms with Crippen molar-refractivity contribution in [1.82, 2.24) is 10.6 Å². The van der Waals surface area contributed by atoms with E-state index in [-0.39, 0.29) is 11.6 Å². The van der Waals surface area contributed by atoms with E-state index in [4.69, 9.17) is 0 Å². The van der Waals surface area contributed by atoms with Gasteiger partial charge in [0, 0.05) is 42.7 Å². The highest BCUT2D eigenvalue weighted by Crippen LogP contribution is 2.20. The molecular formula is C12H15N3O3. The quantitative estimate of drug-likeness (QED) is 0.612. The molecule has 0 spiro atoms. The second-order valence-electron chi connectivity index (χ2n) is 4.44. The van der Waals surface area contributed by atoms with Gasteiger partial charge in [-0.3, -0.25) is 14.9 Å². The van der Waals surface area contributed by atoms with E-state index >= 15 is 0 Å². The maximum Gasteiger partial charge on any atom is 0.273 e. The van der Waals surface area contributed by atoms with Crippen molar-refractivity contribution in [3.63, 3.8) is 0 Å². The van der Waals surface area contributed by atoms with E-state index in [0.717, 1.165) is 13.1 Å². The van der Waals surface area contributed by atoms with E-state index in [1.54, 1.807) is 13.0 Å². The molecule has 0 aliphatic carbocycles. The van der Waals surface area contributed by atoms with E-state index in [0.29, 0.717) is 23.6 Å². The Labute approximate surface area is 105 Å². The number of carbonyl (C=O) groups is 1. The molecule has 2 rings (SSSR count). The number of nitro benzene ring substituents is 1. The zero-order valence-electron chi connectivity index (χ0n) is 10.1. The third-order valence-corrected chi connectivity index (χ3v) is 3.16. The lowest BCUT2D eigenvalue weighted by atomic mass is 10.0. The van der Waals surface area contributed by atoms with E-state index in [1.807, 2.05) is 0 Å². The number of rotatable bonds is 4. The second kappa shape index (κ2) is 5.14. The van der Waals surface area contributed by atoms with E-state index < -0.39 is 4.92 Å². The Bertz CT molecular complexity index is 483. The minimum atomic E-state index is -0.470. The number of nitrogens with one attached hydrogen (secondary N) is 2. The highest BCUT2D eigenvalue weighted by Gasteiger charge is 2.20. The molecule has 0 saturated carbocycles. The first kappa shape index (κ1) is 12.5. The molecular weight excluding hydrogens is 234 g/mol. The SMILES string of the molecule is Cc1c(C(=O)NCC2CNC2)cccc1[N+](=O)[O-]. The van der Waals surface area contributed by atoms with E-state index in [1.165, 1.54) is 12.1 Å². The summed E-state index contributed by atoms with van der Waals surface area (Å²) in [6.07, 6.45) is 0. The number of hydrogen-bond acceptors (Lipinski definition) is 4. The van der Waals surface area contributed by atoms with Gasteiger partial charge in [-0.25, -0.2) is 0 Å². The van der Waals surface area contributed by atoms with Gasteiger partial charge in [0.2, 0.25) is 0 Å². The molecule has 1 saturated heterocycles. The Morgan fingerprint density at radius 3 is 2.83 bits per heavy atom. The topological polar surface area (TPSA) is 84.3 Å². The van der Waals surface area contributed by atoms with Crippen LogP contribution in [0, 0.1) is 23.0 Å². The maximum absolute atomic E-state index is 11.9. The predicted molar refractivity (Wildman–Crippen MR) is 66.5 cm³/mol. The standard InChI is InChI=1S/C12H15N3O3/c1-8-10(3-2-4-11(8)15(17)18)12(16)14-7-9-5-13-6-9/h2-4,9,13H,5-7H2,1H3,(H,14,16). The molecule has 0 unspecified atom stereocenters. The molecule has 6 heteroatoms. The molecule has 18 heavy (non-hydrogen) atoms. The molecule has 1 aromatic carbocycles. The Morgan fingerprint density at radius 2 is 2.28 bits per heavy atom. The van der Waals surface area contributed by atoms with E-state index in [2.05, 4.69) is 10.6 Å². The van der Waals surface area contributed by atoms with Gasteiger partial charge in [-0.1, -0.05) is 6.07 Å². The van der Waals surface area contributed by atoms with Crippen LogP contribution in [0.3, 0.4) is 0 Å². The Morgan fingerprint density at radius 1 is 1.56 bits per heavy atom. The second-order valence-corrected chi connectivity index (χ2v) is 4.44. The molecule has 2 N–H and O–H groups in total. The lowest BCUT2D eigenvalue weighted by molar-refractivity contribution is -0.385. The van der Waals surface area contributed by atoms with Gasteiger partial charge in [0.1, 0.15) is 0 Å². The van der Waals surface area contributed by atoms with Crippen LogP contribution in [-0.2, 0) is 0 Å². The fourth-order valence-electron chi connectivity index (χ4n) is 1.89. The van der Waals surface area contributed by atoms with Crippen LogP contribution in [0.4, 0.5) is 5.69 Å². The summed E-state index contributed by atoms with van der Waals surface area (Å²) in [5.74, 6) is 0.219. The molecule has 0 atom stereocenters. The average Bonchev–Trinajstić information content (AvgIpc) is 2.26. The number of nitro groups is 1. The normalized spacial score (nSPS) is 14.9. The zero-order valence-corrected chi connectivity index (χ0v) is 10.1. The van der Waals surface area contributed by atoms with Gasteiger partial charge < -0.3 is 10.6 Å². The molecule has 6 nitrogen and oxygen atoms in total. The van der Waals surface area contributed by atoms with Crippen LogP contribution < -0.4 is 10.6 Å². The first-order valence-corrected chi connectivity index (χ1v) is 5.82. The van der Waals surface area contributed by atoms with Crippen LogP contribution in [0.15, 0.2) is 18.2 Å². The summed E-state index contributed by atoms with van der Waals surface area (Å²) < 4.78 is 0. The minimum Gasteiger partial charge on any atom is -0.352 e. The molecule has 0 bridgehead atoms. The van der Waals surface area contributed by atoms with Gasteiger partial charge in [-0.05, 0) is 13.0 Å². The summed E-state index contributed by atoms with van der Waals surface area (Å²) in [5.41, 5.74) is 0.760. The molecule has 1 amide bonds. The first-order valence-electron chi connectivity index (χ1n) is 5.82. The summed E-state index contributed by atoms with van der Waals surface area (Å²) in [6.45, 7) is 4.02. The zero-order chi connectivity index (χ0) is 13.1. The van der Waals surface area contributed by atoms with Crippen molar-refractivity contribution in [2.24, 2.45) is 5.92 Å². The largest absolute Gasteiger partial charge is 0.352 e. The van der Waals surface area contributed by atoms with Crippen molar-refractivity contribution >= 4 is 11.6 Å². The number of amides is 1. The average molecular weight is 249 g/mol. The molecule has 1 fully saturated rings. The minimum absolute atomic E-state index is 0.0204. The van der Waals surface area contributed by atoms with Crippen molar-refractivity contribution < 1.29 is 9.72 Å². The molecule has 1 aliphatic rings. The van der Waals surface area contributed by atoms with Gasteiger partial charge in [0.25, 0.3) is 11.6 Å². The van der Waals surface area contributed by atoms with Crippen LogP contribution >= 0.6 is 0 Å². The van der Waals surface area contributed by atoms with Crippen LogP contribution in [-0.4, -0.2) is 30.5 Å². The van der Waals surface area contributed by atoms with Crippen molar-refractivity contribution in [3.05, 3.63) is 39.4 Å². The molecule has 1 aliphatic heterocycles.